The minimum Gasteiger partial charge on any atom is -0.351 e. The van der Waals surface area contributed by atoms with Crippen molar-refractivity contribution in [2.45, 2.75) is 19.0 Å². The van der Waals surface area contributed by atoms with Crippen molar-refractivity contribution in [3.63, 3.8) is 0 Å². The molecule has 0 aliphatic carbocycles. The number of imide groups is 1. The highest BCUT2D eigenvalue weighted by Gasteiger charge is 2.15. The Hall–Kier alpha value is -3.13. The van der Waals surface area contributed by atoms with Crippen LogP contribution in [0, 0.1) is 13.8 Å². The van der Waals surface area contributed by atoms with Crippen molar-refractivity contribution in [1.29, 1.82) is 0 Å². The zero-order valence-electron chi connectivity index (χ0n) is 14.9. The molecule has 0 radical (unpaired) electrons. The molecule has 0 spiro atoms. The summed E-state index contributed by atoms with van der Waals surface area (Å²) < 4.78 is 1.49. The number of aryl methyl sites for hydroxylation is 2. The molecule has 8 heteroatoms. The first-order valence-corrected chi connectivity index (χ1v) is 9.16. The van der Waals surface area contributed by atoms with Crippen molar-refractivity contribution in [3.8, 4) is 5.69 Å². The molecule has 3 N–H and O–H groups in total. The van der Waals surface area contributed by atoms with Gasteiger partial charge in [-0.25, -0.2) is 9.78 Å². The Morgan fingerprint density at radius 2 is 1.81 bits per heavy atom. The van der Waals surface area contributed by atoms with Crippen molar-refractivity contribution in [2.75, 3.05) is 5.75 Å². The molecule has 3 amide bonds. The summed E-state index contributed by atoms with van der Waals surface area (Å²) in [6.45, 7) is 3.90. The first-order valence-electron chi connectivity index (χ1n) is 8.17. The molecule has 0 atom stereocenters. The molecule has 0 aliphatic heterocycles. The summed E-state index contributed by atoms with van der Waals surface area (Å²) in [5, 5.41) is 2.86. The average Bonchev–Trinajstić information content (AvgIpc) is 2.58. The van der Waals surface area contributed by atoms with Gasteiger partial charge in [0.25, 0.3) is 5.56 Å². The molecule has 0 bridgehead atoms. The Morgan fingerprint density at radius 3 is 2.48 bits per heavy atom. The fraction of sp³-hybridized carbons (Fsp3) is 0.158. The summed E-state index contributed by atoms with van der Waals surface area (Å²) in [7, 11) is 0. The minimum atomic E-state index is -0.918. The monoisotopic (exact) mass is 382 g/mol. The van der Waals surface area contributed by atoms with Gasteiger partial charge >= 0.3 is 6.03 Å². The topological polar surface area (TPSA) is 107 Å². The maximum Gasteiger partial charge on any atom is 0.318 e. The van der Waals surface area contributed by atoms with Gasteiger partial charge in [0.1, 0.15) is 0 Å². The summed E-state index contributed by atoms with van der Waals surface area (Å²) in [5.74, 6) is -0.653. The number of nitrogens with two attached hydrogens (primary N) is 1. The molecule has 138 valence electrons. The second-order valence-electron chi connectivity index (χ2n) is 6.10. The molecule has 7 nitrogen and oxygen atoms in total. The molecular weight excluding hydrogens is 364 g/mol. The van der Waals surface area contributed by atoms with Crippen LogP contribution in [-0.4, -0.2) is 27.2 Å². The first kappa shape index (κ1) is 18.7. The largest absolute Gasteiger partial charge is 0.351 e. The number of amides is 3. The van der Waals surface area contributed by atoms with E-state index in [-0.39, 0.29) is 11.3 Å². The quantitative estimate of drug-likeness (QED) is 0.532. The van der Waals surface area contributed by atoms with E-state index in [2.05, 4.69) is 4.98 Å². The lowest BCUT2D eigenvalue weighted by atomic mass is 10.1. The predicted molar refractivity (Wildman–Crippen MR) is 105 cm³/mol. The lowest BCUT2D eigenvalue weighted by Crippen LogP contribution is -2.36. The number of carbonyl (C=O) groups excluding carboxylic acids is 2. The molecule has 27 heavy (non-hydrogen) atoms. The van der Waals surface area contributed by atoms with Crippen LogP contribution in [0.1, 0.15) is 11.1 Å². The van der Waals surface area contributed by atoms with E-state index in [1.54, 1.807) is 24.3 Å². The van der Waals surface area contributed by atoms with Crippen LogP contribution in [0.2, 0.25) is 0 Å². The third-order valence-electron chi connectivity index (χ3n) is 3.80. The number of urea groups is 1. The molecule has 1 aromatic heterocycles. The first-order chi connectivity index (χ1) is 12.8. The molecule has 1 heterocycles. The van der Waals surface area contributed by atoms with E-state index in [1.165, 1.54) is 4.57 Å². The zero-order chi connectivity index (χ0) is 19.6. The Balaban J connectivity index is 2.14. The highest BCUT2D eigenvalue weighted by atomic mass is 32.2. The van der Waals surface area contributed by atoms with Crippen molar-refractivity contribution >= 4 is 34.6 Å². The van der Waals surface area contributed by atoms with Crippen LogP contribution in [0.25, 0.3) is 16.6 Å². The summed E-state index contributed by atoms with van der Waals surface area (Å²) >= 11 is 1.06. The number of para-hydroxylation sites is 1. The lowest BCUT2D eigenvalue weighted by Gasteiger charge is -2.14. The van der Waals surface area contributed by atoms with Gasteiger partial charge in [-0.2, -0.15) is 0 Å². The Morgan fingerprint density at radius 1 is 1.15 bits per heavy atom. The SMILES string of the molecule is Cc1cc(C)cc(-n2c(SCC(=O)NC(N)=O)nc3ccccc3c2=O)c1. The third-order valence-corrected chi connectivity index (χ3v) is 4.74. The molecule has 2 aromatic carbocycles. The second kappa shape index (κ2) is 7.63. The second-order valence-corrected chi connectivity index (χ2v) is 7.04. The molecular formula is C19H18N4O3S. The summed E-state index contributed by atoms with van der Waals surface area (Å²) in [6.07, 6.45) is 0. The molecule has 0 fully saturated rings. The highest BCUT2D eigenvalue weighted by Crippen LogP contribution is 2.22. The van der Waals surface area contributed by atoms with Gasteiger partial charge in [-0.3, -0.25) is 19.5 Å². The molecule has 3 rings (SSSR count). The zero-order valence-corrected chi connectivity index (χ0v) is 15.7. The minimum absolute atomic E-state index is 0.0987. The number of rotatable bonds is 4. The Bertz CT molecular complexity index is 1090. The number of fused-ring (bicyclic) bond motifs is 1. The Kier molecular flexibility index (Phi) is 5.27. The van der Waals surface area contributed by atoms with Gasteiger partial charge in [0.15, 0.2) is 5.16 Å². The van der Waals surface area contributed by atoms with E-state index in [4.69, 9.17) is 5.73 Å². The number of primary amides is 1. The Labute approximate surface area is 159 Å². The number of nitrogens with zero attached hydrogens (tertiary/aromatic N) is 2. The van der Waals surface area contributed by atoms with Crippen LogP contribution < -0.4 is 16.6 Å². The van der Waals surface area contributed by atoms with Gasteiger partial charge in [0.2, 0.25) is 5.91 Å². The number of benzene rings is 2. The van der Waals surface area contributed by atoms with Crippen LogP contribution in [0.3, 0.4) is 0 Å². The molecule has 3 aromatic rings. The van der Waals surface area contributed by atoms with E-state index >= 15 is 0 Å². The lowest BCUT2D eigenvalue weighted by molar-refractivity contribution is -0.117. The maximum atomic E-state index is 13.1. The summed E-state index contributed by atoms with van der Waals surface area (Å²) in [6, 6.07) is 11.9. The normalized spacial score (nSPS) is 10.7. The molecule has 0 aliphatic rings. The van der Waals surface area contributed by atoms with Crippen LogP contribution in [0.4, 0.5) is 4.79 Å². The molecule has 0 saturated carbocycles. The van der Waals surface area contributed by atoms with Crippen LogP contribution >= 0.6 is 11.8 Å². The van der Waals surface area contributed by atoms with Crippen LogP contribution in [0.15, 0.2) is 52.4 Å². The van der Waals surface area contributed by atoms with Crippen LogP contribution in [0.5, 0.6) is 0 Å². The number of nitrogens with one attached hydrogen (secondary N) is 1. The smallest absolute Gasteiger partial charge is 0.318 e. The number of hydrogen-bond acceptors (Lipinski definition) is 5. The van der Waals surface area contributed by atoms with Crippen molar-refractivity contribution in [3.05, 3.63) is 63.9 Å². The highest BCUT2D eigenvalue weighted by molar-refractivity contribution is 7.99. The van der Waals surface area contributed by atoms with E-state index in [1.807, 2.05) is 37.4 Å². The van der Waals surface area contributed by atoms with Gasteiger partial charge in [-0.05, 0) is 49.2 Å². The maximum absolute atomic E-state index is 13.1. The van der Waals surface area contributed by atoms with Gasteiger partial charge in [0.05, 0.1) is 22.3 Å². The fourth-order valence-electron chi connectivity index (χ4n) is 2.82. The van der Waals surface area contributed by atoms with Gasteiger partial charge < -0.3 is 5.73 Å². The van der Waals surface area contributed by atoms with Crippen LogP contribution in [-0.2, 0) is 4.79 Å². The van der Waals surface area contributed by atoms with E-state index in [0.29, 0.717) is 21.7 Å². The predicted octanol–water partition coefficient (Wildman–Crippen LogP) is 2.29. The van der Waals surface area contributed by atoms with Crippen molar-refractivity contribution < 1.29 is 9.59 Å². The van der Waals surface area contributed by atoms with Crippen molar-refractivity contribution in [2.24, 2.45) is 5.73 Å². The number of hydrogen-bond donors (Lipinski definition) is 2. The average molecular weight is 382 g/mol. The van der Waals surface area contributed by atoms with Gasteiger partial charge in [-0.1, -0.05) is 30.0 Å². The molecule has 0 unspecified atom stereocenters. The third kappa shape index (κ3) is 4.17. The van der Waals surface area contributed by atoms with Gasteiger partial charge in [0, 0.05) is 0 Å². The molecule has 0 saturated heterocycles. The number of aromatic nitrogens is 2. The van der Waals surface area contributed by atoms with Crippen molar-refractivity contribution in [1.82, 2.24) is 14.9 Å². The van der Waals surface area contributed by atoms with E-state index < -0.39 is 11.9 Å². The number of thioether (sulfide) groups is 1. The fourth-order valence-corrected chi connectivity index (χ4v) is 3.63. The van der Waals surface area contributed by atoms with E-state index in [9.17, 15) is 14.4 Å². The van der Waals surface area contributed by atoms with Gasteiger partial charge in [-0.15, -0.1) is 0 Å². The summed E-state index contributed by atoms with van der Waals surface area (Å²) in [5.41, 5.74) is 7.98. The summed E-state index contributed by atoms with van der Waals surface area (Å²) in [4.78, 5) is 40.3. The van der Waals surface area contributed by atoms with E-state index in [0.717, 1.165) is 22.9 Å². The number of carbonyl (C=O) groups is 2. The standard InChI is InChI=1S/C19H18N4O3S/c1-11-7-12(2)9-13(8-11)23-17(25)14-5-3-4-6-15(14)21-19(23)27-10-16(24)22-18(20)26/h3-9H,10H2,1-2H3,(H3,20,22,24,26).